The van der Waals surface area contributed by atoms with Crippen LogP contribution in [0.3, 0.4) is 0 Å². The molecule has 0 spiro atoms. The summed E-state index contributed by atoms with van der Waals surface area (Å²) < 4.78 is 47.9. The molecule has 1 saturated carbocycles. The first-order valence-electron chi connectivity index (χ1n) is 11.9. The highest BCUT2D eigenvalue weighted by Crippen LogP contribution is 2.42. The van der Waals surface area contributed by atoms with E-state index in [0.717, 1.165) is 31.0 Å². The standard InChI is InChI=1S/C24H33FN6O3SSi/c1-26-24-27-12-11-18(28-24)22(34-13-14-36(3,4)5)21-20(29-23(30-21)15-9-10-15)16-7-6-8-17(19(16)25)31-35(2,32)33/h6-8,11-12,15,22,31H,9-10,13-14H2,1-5H3,(H,29,30)(H,26,27,28). The van der Waals surface area contributed by atoms with Gasteiger partial charge >= 0.3 is 0 Å². The van der Waals surface area contributed by atoms with Crippen LogP contribution in [0.5, 0.6) is 0 Å². The monoisotopic (exact) mass is 532 g/mol. The van der Waals surface area contributed by atoms with Crippen LogP contribution in [0.1, 0.15) is 42.1 Å². The predicted octanol–water partition coefficient (Wildman–Crippen LogP) is 4.74. The molecule has 2 aromatic heterocycles. The van der Waals surface area contributed by atoms with Gasteiger partial charge in [-0.15, -0.1) is 0 Å². The fourth-order valence-corrected chi connectivity index (χ4v) is 5.07. The number of halogens is 1. The number of anilines is 2. The van der Waals surface area contributed by atoms with E-state index in [-0.39, 0.29) is 17.2 Å². The minimum absolute atomic E-state index is 0.132. The Morgan fingerprint density at radius 2 is 1.97 bits per heavy atom. The molecule has 3 N–H and O–H groups in total. The molecule has 1 atom stereocenters. The quantitative estimate of drug-likeness (QED) is 0.305. The molecular weight excluding hydrogens is 499 g/mol. The highest BCUT2D eigenvalue weighted by Gasteiger charge is 2.33. The van der Waals surface area contributed by atoms with Crippen LogP contribution < -0.4 is 10.0 Å². The molecule has 2 heterocycles. The van der Waals surface area contributed by atoms with E-state index in [9.17, 15) is 8.42 Å². The summed E-state index contributed by atoms with van der Waals surface area (Å²) in [5.41, 5.74) is 1.64. The van der Waals surface area contributed by atoms with Crippen molar-refractivity contribution in [2.24, 2.45) is 0 Å². The molecule has 4 rings (SSSR count). The maximum Gasteiger partial charge on any atom is 0.229 e. The van der Waals surface area contributed by atoms with E-state index in [4.69, 9.17) is 9.72 Å². The number of sulfonamides is 1. The Morgan fingerprint density at radius 3 is 2.61 bits per heavy atom. The molecule has 3 aromatic rings. The van der Waals surface area contributed by atoms with Crippen LogP contribution in [0, 0.1) is 5.82 Å². The van der Waals surface area contributed by atoms with Gasteiger partial charge < -0.3 is 15.0 Å². The number of aromatic nitrogens is 4. The highest BCUT2D eigenvalue weighted by atomic mass is 32.2. The summed E-state index contributed by atoms with van der Waals surface area (Å²) >= 11 is 0. The summed E-state index contributed by atoms with van der Waals surface area (Å²) in [6, 6.07) is 7.30. The zero-order valence-corrected chi connectivity index (χ0v) is 23.0. The van der Waals surface area contributed by atoms with Gasteiger partial charge in [-0.3, -0.25) is 4.72 Å². The average Bonchev–Trinajstić information content (AvgIpc) is 3.56. The number of H-pyrrole nitrogens is 1. The number of aromatic amines is 1. The van der Waals surface area contributed by atoms with Crippen molar-refractivity contribution in [3.05, 3.63) is 53.5 Å². The van der Waals surface area contributed by atoms with Gasteiger partial charge in [-0.1, -0.05) is 25.7 Å². The lowest BCUT2D eigenvalue weighted by Crippen LogP contribution is -2.23. The molecule has 12 heteroatoms. The first-order chi connectivity index (χ1) is 16.9. The maximum absolute atomic E-state index is 15.6. The lowest BCUT2D eigenvalue weighted by Gasteiger charge is -2.21. The number of nitrogens with one attached hydrogen (secondary N) is 3. The fraction of sp³-hybridized carbons (Fsp3) is 0.458. The lowest BCUT2D eigenvalue weighted by atomic mass is 10.0. The third kappa shape index (κ3) is 6.48. The van der Waals surface area contributed by atoms with Crippen molar-refractivity contribution in [3.8, 4) is 11.3 Å². The summed E-state index contributed by atoms with van der Waals surface area (Å²) in [5.74, 6) is 0.791. The Kier molecular flexibility index (Phi) is 7.48. The minimum Gasteiger partial charge on any atom is -0.366 e. The number of nitrogens with zero attached hydrogens (tertiary/aromatic N) is 3. The van der Waals surface area contributed by atoms with Gasteiger partial charge in [0.25, 0.3) is 0 Å². The van der Waals surface area contributed by atoms with Crippen molar-refractivity contribution in [2.45, 2.75) is 50.5 Å². The van der Waals surface area contributed by atoms with E-state index in [0.29, 0.717) is 29.6 Å². The van der Waals surface area contributed by atoms with Crippen LogP contribution in [-0.4, -0.2) is 56.3 Å². The molecule has 194 valence electrons. The van der Waals surface area contributed by atoms with Crippen LogP contribution >= 0.6 is 0 Å². The molecule has 0 radical (unpaired) electrons. The molecule has 0 aliphatic heterocycles. The maximum atomic E-state index is 15.6. The molecule has 0 amide bonds. The zero-order chi connectivity index (χ0) is 26.1. The van der Waals surface area contributed by atoms with E-state index in [1.807, 2.05) is 0 Å². The van der Waals surface area contributed by atoms with E-state index in [1.54, 1.807) is 31.4 Å². The summed E-state index contributed by atoms with van der Waals surface area (Å²) in [4.78, 5) is 17.0. The Balaban J connectivity index is 1.83. The Labute approximate surface area is 212 Å². The second-order valence-electron chi connectivity index (χ2n) is 10.3. The molecule has 1 aliphatic rings. The summed E-state index contributed by atoms with van der Waals surface area (Å²) in [6.45, 7) is 7.33. The second-order valence-corrected chi connectivity index (χ2v) is 17.7. The third-order valence-corrected chi connectivity index (χ3v) is 8.13. The van der Waals surface area contributed by atoms with Gasteiger partial charge in [0.05, 0.1) is 29.0 Å². The molecule has 1 aliphatic carbocycles. The molecule has 1 fully saturated rings. The average molecular weight is 533 g/mol. The van der Waals surface area contributed by atoms with Crippen molar-refractivity contribution >= 4 is 29.7 Å². The highest BCUT2D eigenvalue weighted by molar-refractivity contribution is 7.92. The molecule has 0 saturated heterocycles. The number of imidazole rings is 1. The van der Waals surface area contributed by atoms with E-state index >= 15 is 4.39 Å². The van der Waals surface area contributed by atoms with Gasteiger partial charge in [-0.25, -0.2) is 27.8 Å². The molecule has 1 unspecified atom stereocenters. The normalized spacial score (nSPS) is 15.1. The topological polar surface area (TPSA) is 122 Å². The number of hydrogen-bond acceptors (Lipinski definition) is 7. The van der Waals surface area contributed by atoms with Crippen LogP contribution in [0.25, 0.3) is 11.3 Å². The van der Waals surface area contributed by atoms with Gasteiger partial charge in [0.1, 0.15) is 11.9 Å². The van der Waals surface area contributed by atoms with Crippen molar-refractivity contribution in [2.75, 3.05) is 29.9 Å². The smallest absolute Gasteiger partial charge is 0.229 e. The molecule has 36 heavy (non-hydrogen) atoms. The van der Waals surface area contributed by atoms with Crippen LogP contribution in [-0.2, 0) is 14.8 Å². The summed E-state index contributed by atoms with van der Waals surface area (Å²) in [7, 11) is -3.31. The Morgan fingerprint density at radius 1 is 1.22 bits per heavy atom. The fourth-order valence-electron chi connectivity index (χ4n) is 3.78. The number of benzene rings is 1. The van der Waals surface area contributed by atoms with Gasteiger partial charge in [-0.2, -0.15) is 0 Å². The minimum atomic E-state index is -3.66. The predicted molar refractivity (Wildman–Crippen MR) is 142 cm³/mol. The van der Waals surface area contributed by atoms with Crippen LogP contribution in [0.4, 0.5) is 16.0 Å². The van der Waals surface area contributed by atoms with Gasteiger partial charge in [0.2, 0.25) is 16.0 Å². The SMILES string of the molecule is CNc1nccc(C(OCC[Si](C)(C)C)c2[nH]c(C3CC3)nc2-c2cccc(NS(C)(=O)=O)c2F)n1. The van der Waals surface area contributed by atoms with Gasteiger partial charge in [-0.05, 0) is 37.1 Å². The Hall–Kier alpha value is -2.83. The number of rotatable bonds is 11. The first kappa shape index (κ1) is 26.2. The summed E-state index contributed by atoms with van der Waals surface area (Å²) in [6.07, 6.45) is 4.00. The molecule has 1 aromatic carbocycles. The Bertz CT molecular complexity index is 1340. The van der Waals surface area contributed by atoms with Crippen molar-refractivity contribution in [3.63, 3.8) is 0 Å². The molecule has 9 nitrogen and oxygen atoms in total. The van der Waals surface area contributed by atoms with Crippen LogP contribution in [0.15, 0.2) is 30.5 Å². The van der Waals surface area contributed by atoms with Gasteiger partial charge in [0, 0.05) is 39.4 Å². The second kappa shape index (κ2) is 10.3. The zero-order valence-electron chi connectivity index (χ0n) is 21.2. The number of hydrogen-bond donors (Lipinski definition) is 3. The first-order valence-corrected chi connectivity index (χ1v) is 17.5. The van der Waals surface area contributed by atoms with E-state index in [2.05, 4.69) is 44.6 Å². The van der Waals surface area contributed by atoms with E-state index < -0.39 is 30.0 Å². The van der Waals surface area contributed by atoms with Crippen molar-refractivity contribution < 1.29 is 17.5 Å². The number of ether oxygens (including phenoxy) is 1. The van der Waals surface area contributed by atoms with Gasteiger partial charge in [0.15, 0.2) is 5.82 Å². The van der Waals surface area contributed by atoms with E-state index in [1.165, 1.54) is 6.07 Å². The van der Waals surface area contributed by atoms with Crippen LogP contribution in [0.2, 0.25) is 25.7 Å². The lowest BCUT2D eigenvalue weighted by molar-refractivity contribution is 0.0853. The van der Waals surface area contributed by atoms with Crippen molar-refractivity contribution in [1.29, 1.82) is 0 Å². The summed E-state index contributed by atoms with van der Waals surface area (Å²) in [5, 5.41) is 2.95. The third-order valence-electron chi connectivity index (χ3n) is 5.83. The molecule has 0 bridgehead atoms. The largest absolute Gasteiger partial charge is 0.366 e. The van der Waals surface area contributed by atoms with Crippen molar-refractivity contribution in [1.82, 2.24) is 19.9 Å². The molecular formula is C24H33FN6O3SSi.